The van der Waals surface area contributed by atoms with Crippen LogP contribution < -0.4 is 0 Å². The van der Waals surface area contributed by atoms with E-state index in [1.165, 1.54) is 53.1 Å². The Morgan fingerprint density at radius 1 is 0.545 bits per heavy atom. The van der Waals surface area contributed by atoms with Gasteiger partial charge in [-0.1, -0.05) is 60.7 Å². The molecule has 154 valence electrons. The summed E-state index contributed by atoms with van der Waals surface area (Å²) >= 11 is 1.86. The summed E-state index contributed by atoms with van der Waals surface area (Å²) in [6.07, 6.45) is 0. The number of nitrogens with zero attached hydrogens (tertiary/aromatic N) is 1. The molecule has 0 atom stereocenters. The van der Waals surface area contributed by atoms with Crippen LogP contribution in [-0.4, -0.2) is 4.57 Å². The van der Waals surface area contributed by atoms with Crippen molar-refractivity contribution in [3.05, 3.63) is 103 Å². The molecule has 0 aliphatic rings. The van der Waals surface area contributed by atoms with Gasteiger partial charge in [0, 0.05) is 42.0 Å². The molecule has 0 amide bonds. The summed E-state index contributed by atoms with van der Waals surface area (Å²) in [5.74, 6) is 0. The third-order valence-electron chi connectivity index (χ3n) is 6.80. The van der Waals surface area contributed by atoms with Crippen LogP contribution in [0.1, 0.15) is 0 Å². The van der Waals surface area contributed by atoms with E-state index in [1.54, 1.807) is 0 Å². The van der Waals surface area contributed by atoms with Crippen molar-refractivity contribution < 1.29 is 4.42 Å². The first-order chi connectivity index (χ1) is 16.4. The van der Waals surface area contributed by atoms with E-state index in [0.717, 1.165) is 16.6 Å². The number of hydrogen-bond donors (Lipinski definition) is 0. The SMILES string of the molecule is c1ccc2c(c1)oc1ccc3c4ccccc4n(-c4ccc5c(c4)sc4ccccc45)c3c12. The van der Waals surface area contributed by atoms with Gasteiger partial charge in [-0.25, -0.2) is 0 Å². The van der Waals surface area contributed by atoms with E-state index in [1.807, 2.05) is 17.4 Å². The zero-order valence-corrected chi connectivity index (χ0v) is 18.4. The van der Waals surface area contributed by atoms with E-state index >= 15 is 0 Å². The predicted molar refractivity (Wildman–Crippen MR) is 141 cm³/mol. The molecule has 5 aromatic carbocycles. The fraction of sp³-hybridized carbons (Fsp3) is 0. The Balaban J connectivity index is 1.58. The molecule has 0 aliphatic heterocycles. The van der Waals surface area contributed by atoms with Gasteiger partial charge in [0.15, 0.2) is 0 Å². The second-order valence-corrected chi connectivity index (χ2v) is 9.65. The predicted octanol–water partition coefficient (Wildman–Crippen LogP) is 9.05. The number of furan rings is 1. The van der Waals surface area contributed by atoms with Crippen molar-refractivity contribution in [2.75, 3.05) is 0 Å². The standard InChI is InChI=1S/C30H17NOS/c1-4-10-24-19(7-1)22-15-16-26-29(23-9-2-5-11-25(23)32-26)30(22)31(24)18-13-14-21-20-8-3-6-12-27(20)33-28(21)17-18/h1-17H. The molecular formula is C30H17NOS. The van der Waals surface area contributed by atoms with Gasteiger partial charge in [-0.3, -0.25) is 0 Å². The van der Waals surface area contributed by atoms with Gasteiger partial charge in [-0.2, -0.15) is 0 Å². The van der Waals surface area contributed by atoms with Crippen LogP contribution in [0.15, 0.2) is 108 Å². The summed E-state index contributed by atoms with van der Waals surface area (Å²) in [6.45, 7) is 0. The largest absolute Gasteiger partial charge is 0.456 e. The molecule has 0 fully saturated rings. The third kappa shape index (κ3) is 2.27. The van der Waals surface area contributed by atoms with E-state index in [9.17, 15) is 0 Å². The molecule has 0 aliphatic carbocycles. The average molecular weight is 440 g/mol. The highest BCUT2D eigenvalue weighted by Gasteiger charge is 2.19. The molecular weight excluding hydrogens is 422 g/mol. The molecule has 3 aromatic heterocycles. The van der Waals surface area contributed by atoms with Crippen LogP contribution in [0.2, 0.25) is 0 Å². The Morgan fingerprint density at radius 2 is 1.27 bits per heavy atom. The fourth-order valence-electron chi connectivity index (χ4n) is 5.39. The number of thiophene rings is 1. The Bertz CT molecular complexity index is 2040. The van der Waals surface area contributed by atoms with Crippen molar-refractivity contribution >= 4 is 75.3 Å². The van der Waals surface area contributed by atoms with E-state index < -0.39 is 0 Å². The molecule has 33 heavy (non-hydrogen) atoms. The Hall–Kier alpha value is -4.08. The topological polar surface area (TPSA) is 18.1 Å². The summed E-state index contributed by atoms with van der Waals surface area (Å²) in [7, 11) is 0. The molecule has 3 heterocycles. The number of aromatic nitrogens is 1. The summed E-state index contributed by atoms with van der Waals surface area (Å²) < 4.78 is 11.3. The number of rotatable bonds is 1. The lowest BCUT2D eigenvalue weighted by Crippen LogP contribution is -1.93. The molecule has 3 heteroatoms. The van der Waals surface area contributed by atoms with E-state index in [2.05, 4.69) is 102 Å². The number of para-hydroxylation sites is 2. The highest BCUT2D eigenvalue weighted by Crippen LogP contribution is 2.42. The summed E-state index contributed by atoms with van der Waals surface area (Å²) in [4.78, 5) is 0. The van der Waals surface area contributed by atoms with Gasteiger partial charge in [0.05, 0.1) is 16.4 Å². The normalized spacial score (nSPS) is 12.2. The molecule has 2 nitrogen and oxygen atoms in total. The molecule has 0 radical (unpaired) electrons. The molecule has 8 rings (SSSR count). The zero-order valence-electron chi connectivity index (χ0n) is 17.6. The molecule has 0 saturated carbocycles. The highest BCUT2D eigenvalue weighted by atomic mass is 32.1. The van der Waals surface area contributed by atoms with E-state index in [4.69, 9.17) is 4.42 Å². The quantitative estimate of drug-likeness (QED) is 0.249. The maximum Gasteiger partial charge on any atom is 0.137 e. The lowest BCUT2D eigenvalue weighted by molar-refractivity contribution is 0.669. The lowest BCUT2D eigenvalue weighted by atomic mass is 10.1. The fourth-order valence-corrected chi connectivity index (χ4v) is 6.53. The molecule has 0 spiro atoms. The van der Waals surface area contributed by atoms with Gasteiger partial charge in [-0.15, -0.1) is 11.3 Å². The van der Waals surface area contributed by atoms with Crippen molar-refractivity contribution in [3.8, 4) is 5.69 Å². The Kier molecular flexibility index (Phi) is 3.31. The summed E-state index contributed by atoms with van der Waals surface area (Å²) in [5.41, 5.74) is 5.45. The minimum absolute atomic E-state index is 0.927. The minimum atomic E-state index is 0.927. The van der Waals surface area contributed by atoms with Gasteiger partial charge in [0.2, 0.25) is 0 Å². The second-order valence-electron chi connectivity index (χ2n) is 8.56. The average Bonchev–Trinajstić information content (AvgIpc) is 3.52. The van der Waals surface area contributed by atoms with Crippen LogP contribution in [0.4, 0.5) is 0 Å². The van der Waals surface area contributed by atoms with Gasteiger partial charge in [0.25, 0.3) is 0 Å². The smallest absolute Gasteiger partial charge is 0.137 e. The highest BCUT2D eigenvalue weighted by molar-refractivity contribution is 7.25. The van der Waals surface area contributed by atoms with Crippen molar-refractivity contribution in [3.63, 3.8) is 0 Å². The summed E-state index contributed by atoms with van der Waals surface area (Å²) in [5, 5.41) is 7.49. The zero-order chi connectivity index (χ0) is 21.5. The van der Waals surface area contributed by atoms with Gasteiger partial charge in [0.1, 0.15) is 11.2 Å². The minimum Gasteiger partial charge on any atom is -0.456 e. The van der Waals surface area contributed by atoms with E-state index in [-0.39, 0.29) is 0 Å². The molecule has 0 bridgehead atoms. The lowest BCUT2D eigenvalue weighted by Gasteiger charge is -2.09. The first-order valence-corrected chi connectivity index (χ1v) is 11.9. The molecule has 0 N–H and O–H groups in total. The van der Waals surface area contributed by atoms with Crippen molar-refractivity contribution in [1.82, 2.24) is 4.57 Å². The molecule has 0 saturated heterocycles. The van der Waals surface area contributed by atoms with Crippen molar-refractivity contribution in [2.45, 2.75) is 0 Å². The van der Waals surface area contributed by atoms with Crippen molar-refractivity contribution in [2.24, 2.45) is 0 Å². The third-order valence-corrected chi connectivity index (χ3v) is 7.93. The maximum absolute atomic E-state index is 6.25. The second kappa shape index (κ2) is 6.25. The van der Waals surface area contributed by atoms with Gasteiger partial charge < -0.3 is 8.98 Å². The van der Waals surface area contributed by atoms with Crippen LogP contribution in [0.25, 0.3) is 69.6 Å². The van der Waals surface area contributed by atoms with Crippen molar-refractivity contribution in [1.29, 1.82) is 0 Å². The van der Waals surface area contributed by atoms with Crippen LogP contribution in [-0.2, 0) is 0 Å². The van der Waals surface area contributed by atoms with Crippen LogP contribution in [0.5, 0.6) is 0 Å². The van der Waals surface area contributed by atoms with E-state index in [0.29, 0.717) is 0 Å². The van der Waals surface area contributed by atoms with Crippen LogP contribution in [0.3, 0.4) is 0 Å². The molecule has 8 aromatic rings. The summed E-state index contributed by atoms with van der Waals surface area (Å²) in [6, 6.07) is 36.9. The van der Waals surface area contributed by atoms with Gasteiger partial charge >= 0.3 is 0 Å². The van der Waals surface area contributed by atoms with Gasteiger partial charge in [-0.05, 0) is 42.5 Å². The number of fused-ring (bicyclic) bond motifs is 10. The van der Waals surface area contributed by atoms with Crippen LogP contribution in [0, 0.1) is 0 Å². The number of hydrogen-bond acceptors (Lipinski definition) is 2. The first-order valence-electron chi connectivity index (χ1n) is 11.1. The first kappa shape index (κ1) is 17.5. The number of benzene rings is 5. The van der Waals surface area contributed by atoms with Crippen LogP contribution >= 0.6 is 11.3 Å². The monoisotopic (exact) mass is 439 g/mol. The maximum atomic E-state index is 6.25. The molecule has 0 unspecified atom stereocenters. The Morgan fingerprint density at radius 3 is 2.21 bits per heavy atom. The Labute approximate surface area is 192 Å².